The van der Waals surface area contributed by atoms with Crippen LogP contribution in [0.3, 0.4) is 0 Å². The van der Waals surface area contributed by atoms with Crippen molar-refractivity contribution in [2.45, 2.75) is 26.1 Å². The second kappa shape index (κ2) is 10.6. The van der Waals surface area contributed by atoms with Crippen molar-refractivity contribution in [3.8, 4) is 5.75 Å². The third kappa shape index (κ3) is 5.05. The fraction of sp³-hybridized carbons (Fsp3) is 0.161. The van der Waals surface area contributed by atoms with Gasteiger partial charge < -0.3 is 15.4 Å². The third-order valence-corrected chi connectivity index (χ3v) is 6.46. The highest BCUT2D eigenvalue weighted by Crippen LogP contribution is 2.38. The Balaban J connectivity index is 1.40. The number of rotatable bonds is 8. The molecule has 0 radical (unpaired) electrons. The quantitative estimate of drug-likeness (QED) is 0.301. The summed E-state index contributed by atoms with van der Waals surface area (Å²) in [5.74, 6) is 0.512. The number of hydrogen-bond acceptors (Lipinski definition) is 4. The Labute approximate surface area is 216 Å². The first-order valence-corrected chi connectivity index (χ1v) is 12.4. The van der Waals surface area contributed by atoms with Crippen LogP contribution in [0.25, 0.3) is 0 Å². The van der Waals surface area contributed by atoms with Crippen LogP contribution in [-0.4, -0.2) is 18.4 Å². The van der Waals surface area contributed by atoms with E-state index in [1.165, 1.54) is 0 Å². The number of nitrogens with one attached hydrogen (secondary N) is 2. The molecular weight excluding hydrogens is 462 g/mol. The minimum atomic E-state index is -0.428. The van der Waals surface area contributed by atoms with Crippen molar-refractivity contribution >= 4 is 23.2 Å². The van der Waals surface area contributed by atoms with Gasteiger partial charge in [0.25, 0.3) is 11.8 Å². The number of carbonyl (C=O) groups excluding carboxylic acids is 2. The molecule has 2 amide bonds. The van der Waals surface area contributed by atoms with Crippen LogP contribution in [0.15, 0.2) is 103 Å². The first-order chi connectivity index (χ1) is 18.0. The highest BCUT2D eigenvalue weighted by Gasteiger charge is 2.37. The van der Waals surface area contributed by atoms with E-state index in [-0.39, 0.29) is 17.9 Å². The standard InChI is InChI=1S/C31H29N3O3/c1-3-37-26-18-16-25(17-19-26)34-29(27-14-7-8-15-28(27)31(34)36)33-24-13-9-12-23(20-24)30(35)32-21(2)22-10-5-4-6-11-22/h4-21,29,33H,3H2,1-2H3,(H,32,35)/t21-,29-/m0/s1. The van der Waals surface area contributed by atoms with Crippen LogP contribution in [0.1, 0.15) is 57.9 Å². The lowest BCUT2D eigenvalue weighted by Gasteiger charge is -2.27. The summed E-state index contributed by atoms with van der Waals surface area (Å²) in [6, 6.07) is 32.2. The van der Waals surface area contributed by atoms with Crippen molar-refractivity contribution in [1.29, 1.82) is 0 Å². The molecule has 4 aromatic carbocycles. The van der Waals surface area contributed by atoms with Crippen molar-refractivity contribution in [2.24, 2.45) is 0 Å². The fourth-order valence-electron chi connectivity index (χ4n) is 4.61. The molecule has 0 aromatic heterocycles. The Hall–Kier alpha value is -4.58. The maximum absolute atomic E-state index is 13.4. The van der Waals surface area contributed by atoms with Crippen LogP contribution in [0, 0.1) is 0 Å². The Bertz CT molecular complexity index is 1400. The molecule has 2 N–H and O–H groups in total. The molecule has 6 nitrogen and oxygen atoms in total. The zero-order valence-electron chi connectivity index (χ0n) is 20.8. The number of fused-ring (bicyclic) bond motifs is 1. The normalized spacial score (nSPS) is 15.1. The topological polar surface area (TPSA) is 70.7 Å². The smallest absolute Gasteiger partial charge is 0.260 e. The molecule has 4 aromatic rings. The van der Waals surface area contributed by atoms with Gasteiger partial charge in [0.05, 0.1) is 12.6 Å². The summed E-state index contributed by atoms with van der Waals surface area (Å²) >= 11 is 0. The van der Waals surface area contributed by atoms with E-state index in [1.54, 1.807) is 11.0 Å². The van der Waals surface area contributed by atoms with E-state index < -0.39 is 6.17 Å². The lowest BCUT2D eigenvalue weighted by molar-refractivity contribution is 0.0938. The van der Waals surface area contributed by atoms with E-state index in [4.69, 9.17) is 4.74 Å². The van der Waals surface area contributed by atoms with Crippen molar-refractivity contribution in [3.63, 3.8) is 0 Å². The van der Waals surface area contributed by atoms with Gasteiger partial charge in [-0.15, -0.1) is 0 Å². The summed E-state index contributed by atoms with van der Waals surface area (Å²) < 4.78 is 5.57. The number of hydrogen-bond donors (Lipinski definition) is 2. The second-order valence-electron chi connectivity index (χ2n) is 8.92. The van der Waals surface area contributed by atoms with Crippen LogP contribution in [-0.2, 0) is 0 Å². The summed E-state index contributed by atoms with van der Waals surface area (Å²) in [4.78, 5) is 28.2. The summed E-state index contributed by atoms with van der Waals surface area (Å²) in [6.07, 6.45) is -0.428. The van der Waals surface area contributed by atoms with Gasteiger partial charge in [0.15, 0.2) is 0 Å². The second-order valence-corrected chi connectivity index (χ2v) is 8.92. The van der Waals surface area contributed by atoms with Gasteiger partial charge in [-0.25, -0.2) is 0 Å². The largest absolute Gasteiger partial charge is 0.494 e. The van der Waals surface area contributed by atoms with Crippen molar-refractivity contribution in [3.05, 3.63) is 125 Å². The van der Waals surface area contributed by atoms with E-state index in [0.29, 0.717) is 17.7 Å². The van der Waals surface area contributed by atoms with E-state index in [2.05, 4.69) is 10.6 Å². The van der Waals surface area contributed by atoms with Crippen molar-refractivity contribution < 1.29 is 14.3 Å². The van der Waals surface area contributed by atoms with Crippen LogP contribution >= 0.6 is 0 Å². The molecule has 186 valence electrons. The monoisotopic (exact) mass is 491 g/mol. The molecule has 0 fully saturated rings. The number of anilines is 2. The average Bonchev–Trinajstić information content (AvgIpc) is 3.21. The van der Waals surface area contributed by atoms with Gasteiger partial charge in [0.1, 0.15) is 11.9 Å². The molecule has 0 unspecified atom stereocenters. The predicted octanol–water partition coefficient (Wildman–Crippen LogP) is 6.35. The number of ether oxygens (including phenoxy) is 1. The fourth-order valence-corrected chi connectivity index (χ4v) is 4.61. The predicted molar refractivity (Wildman–Crippen MR) is 146 cm³/mol. The summed E-state index contributed by atoms with van der Waals surface area (Å²) in [7, 11) is 0. The van der Waals surface area contributed by atoms with Gasteiger partial charge in [-0.2, -0.15) is 0 Å². The van der Waals surface area contributed by atoms with Gasteiger partial charge in [0, 0.05) is 28.1 Å². The van der Waals surface area contributed by atoms with Crippen LogP contribution < -0.4 is 20.3 Å². The maximum Gasteiger partial charge on any atom is 0.260 e. The molecule has 0 aliphatic carbocycles. The number of benzene rings is 4. The lowest BCUT2D eigenvalue weighted by atomic mass is 10.1. The van der Waals surface area contributed by atoms with Crippen LogP contribution in [0.5, 0.6) is 5.75 Å². The molecular formula is C31H29N3O3. The molecule has 5 rings (SSSR count). The molecule has 0 saturated carbocycles. The number of nitrogens with zero attached hydrogens (tertiary/aromatic N) is 1. The molecule has 1 heterocycles. The third-order valence-electron chi connectivity index (χ3n) is 6.46. The minimum absolute atomic E-state index is 0.0807. The molecule has 2 atom stereocenters. The van der Waals surface area contributed by atoms with Gasteiger partial charge in [-0.3, -0.25) is 14.5 Å². The minimum Gasteiger partial charge on any atom is -0.494 e. The molecule has 6 heteroatoms. The zero-order chi connectivity index (χ0) is 25.8. The zero-order valence-corrected chi connectivity index (χ0v) is 20.8. The van der Waals surface area contributed by atoms with Crippen LogP contribution in [0.2, 0.25) is 0 Å². The molecule has 1 aliphatic rings. The van der Waals surface area contributed by atoms with Crippen molar-refractivity contribution in [1.82, 2.24) is 5.32 Å². The first kappa shape index (κ1) is 24.1. The maximum atomic E-state index is 13.4. The van der Waals surface area contributed by atoms with E-state index >= 15 is 0 Å². The lowest BCUT2D eigenvalue weighted by Crippen LogP contribution is -2.32. The van der Waals surface area contributed by atoms with Gasteiger partial charge in [0.2, 0.25) is 0 Å². The first-order valence-electron chi connectivity index (χ1n) is 12.4. The van der Waals surface area contributed by atoms with Crippen LogP contribution in [0.4, 0.5) is 11.4 Å². The molecule has 0 spiro atoms. The van der Waals surface area contributed by atoms with Gasteiger partial charge >= 0.3 is 0 Å². The van der Waals surface area contributed by atoms with Gasteiger partial charge in [-0.1, -0.05) is 54.6 Å². The molecule has 0 saturated heterocycles. The van der Waals surface area contributed by atoms with E-state index in [9.17, 15) is 9.59 Å². The Kier molecular flexibility index (Phi) is 6.90. The summed E-state index contributed by atoms with van der Waals surface area (Å²) in [5.41, 5.74) is 4.61. The molecule has 37 heavy (non-hydrogen) atoms. The molecule has 1 aliphatic heterocycles. The summed E-state index contributed by atoms with van der Waals surface area (Å²) in [5, 5.41) is 6.55. The summed E-state index contributed by atoms with van der Waals surface area (Å²) in [6.45, 7) is 4.47. The number of amides is 2. The Morgan fingerprint density at radius 3 is 2.41 bits per heavy atom. The highest BCUT2D eigenvalue weighted by atomic mass is 16.5. The Morgan fingerprint density at radius 2 is 1.65 bits per heavy atom. The van der Waals surface area contributed by atoms with Crippen molar-refractivity contribution in [2.75, 3.05) is 16.8 Å². The average molecular weight is 492 g/mol. The Morgan fingerprint density at radius 1 is 0.919 bits per heavy atom. The SMILES string of the molecule is CCOc1ccc(N2C(=O)c3ccccc3[C@H]2Nc2cccc(C(=O)N[C@@H](C)c3ccccc3)c2)cc1. The number of carbonyl (C=O) groups is 2. The van der Waals surface area contributed by atoms with E-state index in [1.807, 2.05) is 111 Å². The van der Waals surface area contributed by atoms with Gasteiger partial charge in [-0.05, 0) is 67.9 Å². The highest BCUT2D eigenvalue weighted by molar-refractivity contribution is 6.11. The van der Waals surface area contributed by atoms with E-state index in [0.717, 1.165) is 28.3 Å². The molecule has 0 bridgehead atoms.